The fraction of sp³-hybridized carbons (Fsp3) is 0.955. The summed E-state index contributed by atoms with van der Waals surface area (Å²) in [6.45, 7) is 41.7. The summed E-state index contributed by atoms with van der Waals surface area (Å²) in [5.41, 5.74) is 8.49. The van der Waals surface area contributed by atoms with Crippen LogP contribution in [0.1, 0.15) is 214 Å². The van der Waals surface area contributed by atoms with Gasteiger partial charge in [0.2, 0.25) is 5.91 Å². The van der Waals surface area contributed by atoms with E-state index in [0.717, 1.165) is 70.6 Å². The quantitative estimate of drug-likeness (QED) is 0.100. The first kappa shape index (κ1) is 59.1. The number of primary amides is 1. The molecular weight excluding hydrogens is 919 g/mol. The highest BCUT2D eigenvalue weighted by atomic mass is 16.5. The van der Waals surface area contributed by atoms with Crippen LogP contribution in [0, 0.1) is 139 Å². The minimum absolute atomic E-state index is 0.00830. The van der Waals surface area contributed by atoms with Crippen LogP contribution in [0.15, 0.2) is 11.6 Å². The van der Waals surface area contributed by atoms with Crippen molar-refractivity contribution < 1.29 is 35.1 Å². The van der Waals surface area contributed by atoms with Gasteiger partial charge in [-0.15, -0.1) is 0 Å². The summed E-state index contributed by atoms with van der Waals surface area (Å²) in [4.78, 5) is 14.2. The van der Waals surface area contributed by atoms with Crippen LogP contribution in [0.2, 0.25) is 0 Å². The number of nitrogens with two attached hydrogens (primary N) is 1. The fourth-order valence-electron chi connectivity index (χ4n) is 22.2. The molecule has 8 heteroatoms. The van der Waals surface area contributed by atoms with Gasteiger partial charge in [0.05, 0.1) is 31.0 Å². The van der Waals surface area contributed by atoms with Gasteiger partial charge in [-0.3, -0.25) is 4.79 Å². The lowest BCUT2D eigenvalue weighted by Crippen LogP contribution is -2.68. The summed E-state index contributed by atoms with van der Waals surface area (Å²) in [7, 11) is 0. The van der Waals surface area contributed by atoms with Crippen molar-refractivity contribution in [1.29, 1.82) is 0 Å². The Hall–Kier alpha value is -1.03. The summed E-state index contributed by atoms with van der Waals surface area (Å²) < 4.78 is 6.58. The Labute approximate surface area is 452 Å². The van der Waals surface area contributed by atoms with Crippen LogP contribution in [0.25, 0.3) is 0 Å². The predicted octanol–water partition coefficient (Wildman–Crippen LogP) is 12.9. The second-order valence-electron chi connectivity index (χ2n) is 31.2. The molecule has 8 rings (SSSR count). The van der Waals surface area contributed by atoms with Crippen molar-refractivity contribution >= 4 is 5.91 Å². The molecule has 7 fully saturated rings. The molecule has 1 saturated heterocycles. The Bertz CT molecular complexity index is 2000. The first-order valence-corrected chi connectivity index (χ1v) is 31.4. The van der Waals surface area contributed by atoms with E-state index in [2.05, 4.69) is 124 Å². The van der Waals surface area contributed by atoms with Crippen molar-refractivity contribution in [2.24, 2.45) is 145 Å². The van der Waals surface area contributed by atoms with E-state index in [-0.39, 0.29) is 105 Å². The first-order chi connectivity index (χ1) is 34.4. The highest BCUT2D eigenvalue weighted by Crippen LogP contribution is 2.79. The van der Waals surface area contributed by atoms with E-state index in [0.29, 0.717) is 59.2 Å². The van der Waals surface area contributed by atoms with Gasteiger partial charge < -0.3 is 36.0 Å². The minimum atomic E-state index is -1.15. The average Bonchev–Trinajstić information content (AvgIpc) is 3.32. The molecule has 74 heavy (non-hydrogen) atoms. The van der Waals surface area contributed by atoms with Crippen LogP contribution < -0.4 is 5.73 Å². The fourth-order valence-corrected chi connectivity index (χ4v) is 22.2. The monoisotopic (exact) mass is 1030 g/mol. The topological polar surface area (TPSA) is 153 Å². The Balaban J connectivity index is 1.16. The molecule has 8 nitrogen and oxygen atoms in total. The maximum absolute atomic E-state index is 14.2. The van der Waals surface area contributed by atoms with E-state index in [1.165, 1.54) is 19.3 Å². The van der Waals surface area contributed by atoms with Gasteiger partial charge in [-0.2, -0.15) is 0 Å². The SMILES string of the molecule is CCC(C)C(C)C[C@@H]1C(C(N)=O)[C@@]2(C)C(CC1(C)C)C1=CCC3[C@@]4(C)CCC(C5CC(C(C)C)C(C6C[C@@H](O)[C@H](O)[C@@H](CO)O6)[C@H](O)[C@H]5C[C@@H]5C[C@H](CC)[C@@H](O)[C@H](C)C5)[C@](C)(C(C)C)C4CC[C@@]3(C)[C@]1(C)C[C@H]2C. The largest absolute Gasteiger partial charge is 0.394 e. The first-order valence-electron chi connectivity index (χ1n) is 31.4. The molecule has 1 aliphatic heterocycles. The molecular formula is C66H115NO7. The van der Waals surface area contributed by atoms with Crippen LogP contribution >= 0.6 is 0 Å². The van der Waals surface area contributed by atoms with E-state index in [1.54, 1.807) is 5.57 Å². The number of ether oxygens (including phenoxy) is 1. The zero-order valence-electron chi connectivity index (χ0n) is 50.4. The Morgan fingerprint density at radius 3 is 2.09 bits per heavy atom. The number of carbonyl (C=O) groups excluding carboxylic acids is 1. The van der Waals surface area contributed by atoms with E-state index in [1.807, 2.05) is 0 Å². The maximum Gasteiger partial charge on any atom is 0.221 e. The van der Waals surface area contributed by atoms with Crippen LogP contribution in [0.3, 0.4) is 0 Å². The molecule has 0 bridgehead atoms. The zero-order valence-corrected chi connectivity index (χ0v) is 50.4. The zero-order chi connectivity index (χ0) is 54.7. The molecule has 1 amide bonds. The Morgan fingerprint density at radius 1 is 0.824 bits per heavy atom. The molecule has 1 heterocycles. The van der Waals surface area contributed by atoms with Gasteiger partial charge in [0, 0.05) is 18.3 Å². The maximum atomic E-state index is 14.2. The third-order valence-corrected chi connectivity index (χ3v) is 27.4. The standard InChI is InChI=1S/C66H115NO7/c1-18-37(7)38(8)27-48-56(60(67)73)66(17)40(10)32-64(15)47(49(66)33-61(48,11)12)20-21-53-62(13)24-22-46(65(16,36(5)6)54(62)23-25-63(53,64)14)44-30-43(35(3)4)55(51-31-50(69)59(72)52(34-68)74-51)58(71)45(44)29-41-26-39(9)57(70)42(19-2)28-41/h20,35-46,48-59,68-72H,18-19,21-34H2,1-17H3,(H2,67,73)/t37?,38?,39-,40-,41+,42+,43?,44?,45+,46?,48-,49?,50-,51?,52-,53?,54?,55?,56?,57+,58-,59+,62-,63-,64-,65+,66-/m1/s1. The van der Waals surface area contributed by atoms with Crippen LogP contribution in [0.5, 0.6) is 0 Å². The van der Waals surface area contributed by atoms with Crippen molar-refractivity contribution in [2.75, 3.05) is 6.61 Å². The second kappa shape index (κ2) is 21.1. The number of amides is 1. The number of hydrogen-bond donors (Lipinski definition) is 6. The van der Waals surface area contributed by atoms with E-state index in [4.69, 9.17) is 10.5 Å². The third-order valence-electron chi connectivity index (χ3n) is 27.4. The number of allylic oxidation sites excluding steroid dienone is 2. The van der Waals surface area contributed by atoms with Gasteiger partial charge >= 0.3 is 0 Å². The smallest absolute Gasteiger partial charge is 0.221 e. The molecule has 0 aromatic rings. The summed E-state index contributed by atoms with van der Waals surface area (Å²) in [5.74, 6) is 5.30. The van der Waals surface area contributed by atoms with Crippen LogP contribution in [0.4, 0.5) is 0 Å². The lowest BCUT2D eigenvalue weighted by molar-refractivity contribution is -0.241. The van der Waals surface area contributed by atoms with E-state index < -0.39 is 30.5 Å². The van der Waals surface area contributed by atoms with E-state index in [9.17, 15) is 30.3 Å². The summed E-state index contributed by atoms with van der Waals surface area (Å²) in [5, 5.41) is 57.3. The number of rotatable bonds is 13. The Kier molecular flexibility index (Phi) is 16.9. The molecule has 0 spiro atoms. The van der Waals surface area contributed by atoms with Crippen LogP contribution in [-0.2, 0) is 9.53 Å². The number of fused-ring (bicyclic) bond motifs is 7. The summed E-state index contributed by atoms with van der Waals surface area (Å²) in [6.07, 6.45) is 13.8. The van der Waals surface area contributed by atoms with Crippen LogP contribution in [-0.4, -0.2) is 74.7 Å². The van der Waals surface area contributed by atoms with Crippen molar-refractivity contribution in [3.63, 3.8) is 0 Å². The highest BCUT2D eigenvalue weighted by Gasteiger charge is 2.72. The lowest BCUT2D eigenvalue weighted by atomic mass is 9.30. The second-order valence-corrected chi connectivity index (χ2v) is 31.2. The molecule has 6 saturated carbocycles. The van der Waals surface area contributed by atoms with Gasteiger partial charge in [-0.1, -0.05) is 142 Å². The van der Waals surface area contributed by atoms with Gasteiger partial charge in [0.25, 0.3) is 0 Å². The summed E-state index contributed by atoms with van der Waals surface area (Å²) in [6, 6.07) is 0. The number of aliphatic hydroxyl groups is 5. The average molecular weight is 1030 g/mol. The highest BCUT2D eigenvalue weighted by molar-refractivity contribution is 5.78. The van der Waals surface area contributed by atoms with Crippen molar-refractivity contribution in [1.82, 2.24) is 0 Å². The number of aliphatic hydroxyl groups excluding tert-OH is 5. The number of carbonyl (C=O) groups is 1. The molecule has 27 atom stereocenters. The molecule has 7 aliphatic carbocycles. The molecule has 0 aromatic heterocycles. The molecule has 0 radical (unpaired) electrons. The van der Waals surface area contributed by atoms with Crippen molar-refractivity contribution in [3.05, 3.63) is 11.6 Å². The minimum Gasteiger partial charge on any atom is -0.394 e. The lowest BCUT2D eigenvalue weighted by Gasteiger charge is -2.74. The molecule has 8 aliphatic rings. The normalized spacial score (nSPS) is 52.2. The van der Waals surface area contributed by atoms with Gasteiger partial charge in [0.1, 0.15) is 12.2 Å². The predicted molar refractivity (Wildman–Crippen MR) is 300 cm³/mol. The van der Waals surface area contributed by atoms with Gasteiger partial charge in [0.15, 0.2) is 0 Å². The van der Waals surface area contributed by atoms with E-state index >= 15 is 0 Å². The molecule has 426 valence electrons. The summed E-state index contributed by atoms with van der Waals surface area (Å²) >= 11 is 0. The van der Waals surface area contributed by atoms with Crippen molar-refractivity contribution in [2.45, 2.75) is 251 Å². The van der Waals surface area contributed by atoms with Gasteiger partial charge in [-0.25, -0.2) is 0 Å². The molecule has 11 unspecified atom stereocenters. The molecule has 0 aromatic carbocycles. The molecule has 7 N–H and O–H groups in total. The van der Waals surface area contributed by atoms with Gasteiger partial charge in [-0.05, 0) is 204 Å². The number of hydrogen-bond acceptors (Lipinski definition) is 7. The third kappa shape index (κ3) is 9.14. The Morgan fingerprint density at radius 2 is 1.50 bits per heavy atom. The van der Waals surface area contributed by atoms with Crippen molar-refractivity contribution in [3.8, 4) is 0 Å².